The average Bonchev–Trinajstić information content (AvgIpc) is 2.62. The normalized spacial score (nSPS) is 19.8. The number of carbonyl (C=O) groups is 1. The van der Waals surface area contributed by atoms with Gasteiger partial charge in [0.15, 0.2) is 0 Å². The van der Waals surface area contributed by atoms with E-state index in [1.807, 2.05) is 0 Å². The fourth-order valence-corrected chi connectivity index (χ4v) is 3.16. The minimum absolute atomic E-state index is 0.373. The molecule has 1 saturated carbocycles. The average molecular weight is 253 g/mol. The van der Waals surface area contributed by atoms with Crippen molar-refractivity contribution in [3.8, 4) is 0 Å². The Balaban J connectivity index is 2.33. The topological polar surface area (TPSA) is 43.1 Å². The van der Waals surface area contributed by atoms with Gasteiger partial charge >= 0.3 is 0 Å². The number of Topliss-reactive ketones (excluding diaryl/α,β-unsaturated/α-hetero) is 1. The Morgan fingerprint density at radius 3 is 2.22 bits per heavy atom. The summed E-state index contributed by atoms with van der Waals surface area (Å²) in [6.07, 6.45) is 10.3. The molecule has 2 heteroatoms. The number of rotatable bonds is 7. The molecule has 0 amide bonds. The lowest BCUT2D eigenvalue weighted by Crippen LogP contribution is -2.19. The second kappa shape index (κ2) is 8.68. The van der Waals surface area contributed by atoms with Gasteiger partial charge in [-0.25, -0.2) is 0 Å². The summed E-state index contributed by atoms with van der Waals surface area (Å²) in [5, 5.41) is 0. The molecule has 1 aliphatic carbocycles. The van der Waals surface area contributed by atoms with Crippen molar-refractivity contribution in [2.24, 2.45) is 23.5 Å². The van der Waals surface area contributed by atoms with Gasteiger partial charge in [-0.15, -0.1) is 0 Å². The number of ketones is 1. The molecule has 0 aliphatic heterocycles. The Hall–Kier alpha value is -0.370. The van der Waals surface area contributed by atoms with Crippen molar-refractivity contribution in [3.63, 3.8) is 0 Å². The molecule has 2 nitrogen and oxygen atoms in total. The maximum Gasteiger partial charge on any atom is 0.135 e. The van der Waals surface area contributed by atoms with E-state index in [4.69, 9.17) is 5.73 Å². The van der Waals surface area contributed by atoms with Gasteiger partial charge in [0.2, 0.25) is 0 Å². The van der Waals surface area contributed by atoms with E-state index < -0.39 is 0 Å². The van der Waals surface area contributed by atoms with E-state index in [9.17, 15) is 4.79 Å². The molecule has 0 heterocycles. The molecular weight excluding hydrogens is 222 g/mol. The zero-order valence-electron chi connectivity index (χ0n) is 12.3. The first-order valence-corrected chi connectivity index (χ1v) is 7.88. The molecule has 1 aliphatic rings. The van der Waals surface area contributed by atoms with E-state index >= 15 is 0 Å². The summed E-state index contributed by atoms with van der Waals surface area (Å²) in [6.45, 7) is 5.24. The molecule has 1 unspecified atom stereocenters. The van der Waals surface area contributed by atoms with E-state index in [-0.39, 0.29) is 0 Å². The monoisotopic (exact) mass is 253 g/mol. The third kappa shape index (κ3) is 5.51. The van der Waals surface area contributed by atoms with Crippen LogP contribution in [0.4, 0.5) is 0 Å². The Labute approximate surface area is 113 Å². The lowest BCUT2D eigenvalue weighted by Gasteiger charge is -2.21. The quantitative estimate of drug-likeness (QED) is 0.699. The molecule has 106 valence electrons. The van der Waals surface area contributed by atoms with E-state index in [0.717, 1.165) is 38.6 Å². The molecule has 0 spiro atoms. The predicted octanol–water partition coefficient (Wildman–Crippen LogP) is 3.93. The molecule has 0 aromatic rings. The molecule has 1 rings (SSSR count). The molecule has 0 radical (unpaired) electrons. The maximum absolute atomic E-state index is 12.3. The summed E-state index contributed by atoms with van der Waals surface area (Å²) in [6, 6.07) is 0. The molecule has 0 saturated heterocycles. The van der Waals surface area contributed by atoms with Crippen molar-refractivity contribution < 1.29 is 4.79 Å². The van der Waals surface area contributed by atoms with Gasteiger partial charge in [-0.3, -0.25) is 4.79 Å². The van der Waals surface area contributed by atoms with Crippen molar-refractivity contribution in [2.75, 3.05) is 6.54 Å². The Morgan fingerprint density at radius 1 is 1.11 bits per heavy atom. The van der Waals surface area contributed by atoms with Crippen molar-refractivity contribution in [1.82, 2.24) is 0 Å². The standard InChI is InChI=1S/C16H31NO/c1-13(2)14(11-12-17)9-10-16(18)15-7-5-3-4-6-8-15/h13-15H,3-12,17H2,1-2H3. The van der Waals surface area contributed by atoms with Gasteiger partial charge in [-0.1, -0.05) is 39.5 Å². The van der Waals surface area contributed by atoms with Crippen molar-refractivity contribution in [2.45, 2.75) is 71.6 Å². The summed E-state index contributed by atoms with van der Waals surface area (Å²) in [7, 11) is 0. The molecule has 1 fully saturated rings. The van der Waals surface area contributed by atoms with Gasteiger partial charge in [-0.05, 0) is 44.1 Å². The number of carbonyl (C=O) groups excluding carboxylic acids is 1. The maximum atomic E-state index is 12.3. The summed E-state index contributed by atoms with van der Waals surface area (Å²) in [5.41, 5.74) is 5.65. The fraction of sp³-hybridized carbons (Fsp3) is 0.938. The highest BCUT2D eigenvalue weighted by Gasteiger charge is 2.21. The minimum atomic E-state index is 0.373. The van der Waals surface area contributed by atoms with E-state index in [1.165, 1.54) is 25.7 Å². The first-order valence-electron chi connectivity index (χ1n) is 7.88. The van der Waals surface area contributed by atoms with Crippen LogP contribution in [0, 0.1) is 17.8 Å². The molecule has 0 aromatic carbocycles. The lowest BCUT2D eigenvalue weighted by molar-refractivity contribution is -0.123. The smallest absolute Gasteiger partial charge is 0.135 e. The van der Waals surface area contributed by atoms with Crippen LogP contribution < -0.4 is 5.73 Å². The van der Waals surface area contributed by atoms with Crippen LogP contribution >= 0.6 is 0 Å². The minimum Gasteiger partial charge on any atom is -0.330 e. The van der Waals surface area contributed by atoms with E-state index in [0.29, 0.717) is 23.5 Å². The van der Waals surface area contributed by atoms with Crippen LogP contribution in [0.5, 0.6) is 0 Å². The summed E-state index contributed by atoms with van der Waals surface area (Å²) < 4.78 is 0. The predicted molar refractivity (Wildman–Crippen MR) is 77.4 cm³/mol. The second-order valence-electron chi connectivity index (χ2n) is 6.27. The zero-order valence-corrected chi connectivity index (χ0v) is 12.3. The molecular formula is C16H31NO. The third-order valence-corrected chi connectivity index (χ3v) is 4.55. The Kier molecular flexibility index (Phi) is 7.57. The SMILES string of the molecule is CC(C)C(CCN)CCC(=O)C1CCCCCC1. The highest BCUT2D eigenvalue weighted by atomic mass is 16.1. The Morgan fingerprint density at radius 2 is 1.72 bits per heavy atom. The van der Waals surface area contributed by atoms with Crippen molar-refractivity contribution >= 4 is 5.78 Å². The van der Waals surface area contributed by atoms with Crippen LogP contribution in [-0.4, -0.2) is 12.3 Å². The highest BCUT2D eigenvalue weighted by molar-refractivity contribution is 5.80. The van der Waals surface area contributed by atoms with Gasteiger partial charge in [0.25, 0.3) is 0 Å². The van der Waals surface area contributed by atoms with Crippen LogP contribution in [0.2, 0.25) is 0 Å². The van der Waals surface area contributed by atoms with Gasteiger partial charge in [-0.2, -0.15) is 0 Å². The fourth-order valence-electron chi connectivity index (χ4n) is 3.16. The summed E-state index contributed by atoms with van der Waals surface area (Å²) in [4.78, 5) is 12.3. The molecule has 18 heavy (non-hydrogen) atoms. The van der Waals surface area contributed by atoms with Crippen LogP contribution in [0.3, 0.4) is 0 Å². The van der Waals surface area contributed by atoms with Gasteiger partial charge in [0.05, 0.1) is 0 Å². The largest absolute Gasteiger partial charge is 0.330 e. The first-order chi connectivity index (χ1) is 8.65. The summed E-state index contributed by atoms with van der Waals surface area (Å²) >= 11 is 0. The third-order valence-electron chi connectivity index (χ3n) is 4.55. The number of hydrogen-bond acceptors (Lipinski definition) is 2. The molecule has 0 aromatic heterocycles. The number of hydrogen-bond donors (Lipinski definition) is 1. The molecule has 1 atom stereocenters. The van der Waals surface area contributed by atoms with Crippen LogP contribution in [-0.2, 0) is 4.79 Å². The molecule has 2 N–H and O–H groups in total. The van der Waals surface area contributed by atoms with Gasteiger partial charge in [0, 0.05) is 12.3 Å². The first kappa shape index (κ1) is 15.7. The van der Waals surface area contributed by atoms with E-state index in [2.05, 4.69) is 13.8 Å². The van der Waals surface area contributed by atoms with Gasteiger partial charge < -0.3 is 5.73 Å². The van der Waals surface area contributed by atoms with Gasteiger partial charge in [0.1, 0.15) is 5.78 Å². The van der Waals surface area contributed by atoms with Crippen LogP contribution in [0.1, 0.15) is 71.6 Å². The lowest BCUT2D eigenvalue weighted by atomic mass is 9.85. The highest BCUT2D eigenvalue weighted by Crippen LogP contribution is 2.27. The van der Waals surface area contributed by atoms with E-state index in [1.54, 1.807) is 0 Å². The zero-order chi connectivity index (χ0) is 13.4. The number of nitrogens with two attached hydrogens (primary N) is 1. The molecule has 0 bridgehead atoms. The summed E-state index contributed by atoms with van der Waals surface area (Å²) in [5.74, 6) is 2.18. The van der Waals surface area contributed by atoms with Crippen molar-refractivity contribution in [3.05, 3.63) is 0 Å². The Bertz CT molecular complexity index is 229. The second-order valence-corrected chi connectivity index (χ2v) is 6.27. The van der Waals surface area contributed by atoms with Crippen LogP contribution in [0.15, 0.2) is 0 Å². The van der Waals surface area contributed by atoms with Crippen molar-refractivity contribution in [1.29, 1.82) is 0 Å². The van der Waals surface area contributed by atoms with Crippen LogP contribution in [0.25, 0.3) is 0 Å².